The van der Waals surface area contributed by atoms with Gasteiger partial charge in [0.1, 0.15) is 5.82 Å². The Bertz CT molecular complexity index is 1250. The van der Waals surface area contributed by atoms with Crippen molar-refractivity contribution in [3.8, 4) is 0 Å². The maximum absolute atomic E-state index is 8.79. The molecule has 0 radical (unpaired) electrons. The van der Waals surface area contributed by atoms with E-state index >= 15 is 0 Å². The number of rotatable bonds is 7. The maximum atomic E-state index is 8.79. The summed E-state index contributed by atoms with van der Waals surface area (Å²) in [6.45, 7) is 0.609. The van der Waals surface area contributed by atoms with E-state index in [-0.39, 0.29) is 53.3 Å². The Morgan fingerprint density at radius 3 is 3.19 bits per heavy atom. The first-order chi connectivity index (χ1) is 16.8. The smallest absolute Gasteiger partial charge is 0.121 e. The Hall–Kier alpha value is -2.24. The average molecular weight is 360 g/mol. The number of imidazole rings is 1. The number of pyridine rings is 1. The van der Waals surface area contributed by atoms with Gasteiger partial charge in [-0.2, -0.15) is 0 Å². The third-order valence-corrected chi connectivity index (χ3v) is 4.30. The molecule has 1 aliphatic carbocycles. The minimum atomic E-state index is -2.90. The predicted molar refractivity (Wildman–Crippen MR) is 105 cm³/mol. The van der Waals surface area contributed by atoms with E-state index in [4.69, 9.17) is 19.4 Å². The number of hydrogen-bond donors (Lipinski definition) is 2. The number of para-hydroxylation sites is 2. The molecule has 1 aliphatic rings. The monoisotopic (exact) mass is 359 g/mol. The molecule has 5 heteroatoms. The van der Waals surface area contributed by atoms with Crippen LogP contribution in [-0.4, -0.2) is 32.9 Å². The van der Waals surface area contributed by atoms with Crippen LogP contribution in [0.1, 0.15) is 62.4 Å². The van der Waals surface area contributed by atoms with Crippen LogP contribution in [0.25, 0.3) is 11.0 Å². The first-order valence-electron chi connectivity index (χ1n) is 13.6. The summed E-state index contributed by atoms with van der Waals surface area (Å²) in [4.78, 5) is 13.2. The molecule has 0 spiro atoms. The number of hydrogen-bond acceptors (Lipinski definition) is 4. The summed E-state index contributed by atoms with van der Waals surface area (Å²) in [5, 5.41) is 0. The second kappa shape index (κ2) is 7.98. The third kappa shape index (κ3) is 3.64. The molecule has 2 heterocycles. The number of unbranched alkanes of at least 4 members (excludes halogenated alkanes) is 1. The third-order valence-electron chi connectivity index (χ3n) is 4.30. The van der Waals surface area contributed by atoms with Gasteiger partial charge in [-0.15, -0.1) is 0 Å². The number of benzene rings is 1. The Morgan fingerprint density at radius 2 is 2.27 bits per heavy atom. The van der Waals surface area contributed by atoms with Crippen LogP contribution in [0, 0.1) is 0 Å². The number of fused-ring (bicyclic) bond motifs is 2. The first kappa shape index (κ1) is 9.11. The van der Waals surface area contributed by atoms with Crippen LogP contribution < -0.4 is 5.73 Å². The Morgan fingerprint density at radius 1 is 1.35 bits per heavy atom. The zero-order valence-corrected chi connectivity index (χ0v) is 14.3. The summed E-state index contributed by atoms with van der Waals surface area (Å²) in [7, 11) is 0. The molecule has 0 fully saturated rings. The summed E-state index contributed by atoms with van der Waals surface area (Å²) in [6, 6.07) is 0.249. The standard InChI is InChI=1S/C21H27N5/c22-12-3-4-14-26(15-20-24-17-9-1-2-10-18(17)25-20)19-11-5-7-16-8-6-13-23-21(16)19/h1-2,6,8-10,13,19H,3-5,7,11-12,14-15,22H2,(H,24,25)/t19-/m0/s1/i1D,2D,5D2,7D2,9D,10D,11D2. The fourth-order valence-corrected chi connectivity index (χ4v) is 3.06. The van der Waals surface area contributed by atoms with Crippen LogP contribution in [0.4, 0.5) is 0 Å². The largest absolute Gasteiger partial charge is 0.341 e. The van der Waals surface area contributed by atoms with E-state index in [1.165, 1.54) is 18.3 Å². The highest BCUT2D eigenvalue weighted by Gasteiger charge is 2.27. The highest BCUT2D eigenvalue weighted by Crippen LogP contribution is 2.33. The molecule has 0 unspecified atom stereocenters. The van der Waals surface area contributed by atoms with Gasteiger partial charge in [0, 0.05) is 14.4 Å². The summed E-state index contributed by atoms with van der Waals surface area (Å²) < 4.78 is 83.5. The van der Waals surface area contributed by atoms with Gasteiger partial charge >= 0.3 is 0 Å². The normalized spacial score (nSPS) is 28.3. The van der Waals surface area contributed by atoms with Gasteiger partial charge in [0.2, 0.25) is 0 Å². The van der Waals surface area contributed by atoms with Gasteiger partial charge in [-0.3, -0.25) is 9.88 Å². The quantitative estimate of drug-likeness (QED) is 0.633. The highest BCUT2D eigenvalue weighted by atomic mass is 15.2. The molecular weight excluding hydrogens is 322 g/mol. The van der Waals surface area contributed by atoms with Gasteiger partial charge in [-0.05, 0) is 68.8 Å². The molecule has 26 heavy (non-hydrogen) atoms. The van der Waals surface area contributed by atoms with Crippen molar-refractivity contribution in [3.63, 3.8) is 0 Å². The van der Waals surface area contributed by atoms with E-state index in [0.29, 0.717) is 19.4 Å². The summed E-state index contributed by atoms with van der Waals surface area (Å²) in [5.74, 6) is 0.243. The number of aromatic amines is 1. The van der Waals surface area contributed by atoms with Gasteiger partial charge in [0.15, 0.2) is 0 Å². The van der Waals surface area contributed by atoms with Gasteiger partial charge in [-0.25, -0.2) is 4.98 Å². The lowest BCUT2D eigenvalue weighted by molar-refractivity contribution is 0.159. The van der Waals surface area contributed by atoms with Crippen molar-refractivity contribution in [3.05, 3.63) is 59.6 Å². The number of nitrogens with zero attached hydrogens (tertiary/aromatic N) is 3. The second-order valence-electron chi connectivity index (χ2n) is 6.11. The molecule has 1 aromatic carbocycles. The molecule has 2 aromatic heterocycles. The summed E-state index contributed by atoms with van der Waals surface area (Å²) in [5.41, 5.74) is 5.90. The lowest BCUT2D eigenvalue weighted by Crippen LogP contribution is -2.33. The highest BCUT2D eigenvalue weighted by molar-refractivity contribution is 5.74. The average Bonchev–Trinajstić information content (AvgIpc) is 3.25. The van der Waals surface area contributed by atoms with Crippen LogP contribution in [0.5, 0.6) is 0 Å². The molecule has 0 saturated heterocycles. The number of nitrogens with one attached hydrogen (secondary N) is 1. The Labute approximate surface area is 168 Å². The lowest BCUT2D eigenvalue weighted by Gasteiger charge is -2.34. The van der Waals surface area contributed by atoms with E-state index in [2.05, 4.69) is 15.0 Å². The van der Waals surface area contributed by atoms with Crippen molar-refractivity contribution >= 4 is 11.0 Å². The summed E-state index contributed by atoms with van der Waals surface area (Å²) in [6.07, 6.45) is -5.65. The van der Waals surface area contributed by atoms with Crippen molar-refractivity contribution < 1.29 is 13.7 Å². The number of H-pyrrole nitrogens is 1. The lowest BCUT2D eigenvalue weighted by atomic mass is 9.90. The predicted octanol–water partition coefficient (Wildman–Crippen LogP) is 3.58. The molecule has 136 valence electrons. The molecule has 3 aromatic rings. The first-order valence-corrected chi connectivity index (χ1v) is 8.61. The fourth-order valence-electron chi connectivity index (χ4n) is 3.06. The van der Waals surface area contributed by atoms with E-state index in [1.807, 2.05) is 0 Å². The molecular formula is C21H27N5. The molecule has 0 amide bonds. The molecule has 0 aliphatic heterocycles. The molecule has 5 nitrogen and oxygen atoms in total. The van der Waals surface area contributed by atoms with E-state index < -0.39 is 37.2 Å². The van der Waals surface area contributed by atoms with Crippen molar-refractivity contribution in [1.29, 1.82) is 0 Å². The van der Waals surface area contributed by atoms with Crippen LogP contribution in [-0.2, 0) is 12.9 Å². The zero-order valence-electron chi connectivity index (χ0n) is 24.3. The minimum Gasteiger partial charge on any atom is -0.341 e. The maximum Gasteiger partial charge on any atom is 0.121 e. The molecule has 1 atom stereocenters. The topological polar surface area (TPSA) is 70.8 Å². The molecule has 4 rings (SSSR count). The van der Waals surface area contributed by atoms with Crippen LogP contribution >= 0.6 is 0 Å². The number of nitrogens with two attached hydrogens (primary N) is 1. The molecule has 0 saturated carbocycles. The van der Waals surface area contributed by atoms with Crippen molar-refractivity contribution in [2.24, 2.45) is 5.73 Å². The van der Waals surface area contributed by atoms with E-state index in [1.54, 1.807) is 4.90 Å². The second-order valence-corrected chi connectivity index (χ2v) is 6.11. The van der Waals surface area contributed by atoms with Crippen molar-refractivity contribution in [2.75, 3.05) is 13.1 Å². The van der Waals surface area contributed by atoms with Crippen LogP contribution in [0.2, 0.25) is 0 Å². The number of aromatic nitrogens is 3. The van der Waals surface area contributed by atoms with Gasteiger partial charge in [0.05, 0.1) is 34.8 Å². The SMILES string of the molecule is [2H]c1c([2H])c([2H])c2[nH]c(CN(CCCCN)[C@@H]3c4ncccc4C([2H])([2H])C([2H])([2H])C3([2H])[2H])nc2c1[2H]. The summed E-state index contributed by atoms with van der Waals surface area (Å²) >= 11 is 0. The van der Waals surface area contributed by atoms with Crippen LogP contribution in [0.3, 0.4) is 0 Å². The van der Waals surface area contributed by atoms with Gasteiger partial charge in [-0.1, -0.05) is 18.2 Å². The number of aryl methyl sites for hydroxylation is 1. The zero-order chi connectivity index (χ0) is 26.6. The minimum absolute atomic E-state index is 0.0249. The van der Waals surface area contributed by atoms with Gasteiger partial charge in [0.25, 0.3) is 0 Å². The van der Waals surface area contributed by atoms with Crippen molar-refractivity contribution in [1.82, 2.24) is 19.9 Å². The Kier molecular flexibility index (Phi) is 2.79. The van der Waals surface area contributed by atoms with E-state index in [9.17, 15) is 0 Å². The van der Waals surface area contributed by atoms with Crippen LogP contribution in [0.15, 0.2) is 42.5 Å². The Balaban J connectivity index is 1.85. The molecule has 0 bridgehead atoms. The molecule has 3 N–H and O–H groups in total. The fraction of sp³-hybridized carbons (Fsp3) is 0.429. The van der Waals surface area contributed by atoms with Crippen molar-refractivity contribution in [2.45, 2.75) is 44.5 Å². The van der Waals surface area contributed by atoms with E-state index in [0.717, 1.165) is 0 Å². The van der Waals surface area contributed by atoms with Gasteiger partial charge < -0.3 is 10.7 Å².